The van der Waals surface area contributed by atoms with E-state index in [1.165, 1.54) is 0 Å². The molecule has 0 bridgehead atoms. The molecule has 4 nitrogen and oxygen atoms in total. The SMILES string of the molecule is C=C(C)NC(=O)NCCCOC. The molecule has 2 N–H and O–H groups in total. The molecule has 0 aromatic heterocycles. The lowest BCUT2D eigenvalue weighted by atomic mass is 10.4. The Morgan fingerprint density at radius 2 is 2.25 bits per heavy atom. The highest BCUT2D eigenvalue weighted by Gasteiger charge is 1.96. The Morgan fingerprint density at radius 1 is 1.58 bits per heavy atom. The fraction of sp³-hybridized carbons (Fsp3) is 0.625. The minimum Gasteiger partial charge on any atom is -0.385 e. The van der Waals surface area contributed by atoms with Gasteiger partial charge in [-0.25, -0.2) is 4.79 Å². The topological polar surface area (TPSA) is 50.4 Å². The normalized spacial score (nSPS) is 9.17. The molecule has 0 saturated heterocycles. The number of carbonyl (C=O) groups excluding carboxylic acids is 1. The quantitative estimate of drug-likeness (QED) is 0.604. The van der Waals surface area contributed by atoms with Crippen molar-refractivity contribution in [3.8, 4) is 0 Å². The first-order valence-corrected chi connectivity index (χ1v) is 3.86. The van der Waals surface area contributed by atoms with Gasteiger partial charge in [-0.2, -0.15) is 0 Å². The largest absolute Gasteiger partial charge is 0.385 e. The van der Waals surface area contributed by atoms with E-state index in [1.807, 2.05) is 0 Å². The summed E-state index contributed by atoms with van der Waals surface area (Å²) in [7, 11) is 1.63. The van der Waals surface area contributed by atoms with Crippen molar-refractivity contribution >= 4 is 6.03 Å². The van der Waals surface area contributed by atoms with Gasteiger partial charge in [0.05, 0.1) is 0 Å². The lowest BCUT2D eigenvalue weighted by molar-refractivity contribution is 0.193. The summed E-state index contributed by atoms with van der Waals surface area (Å²) in [6, 6.07) is -0.210. The van der Waals surface area contributed by atoms with Crippen LogP contribution >= 0.6 is 0 Å². The number of carbonyl (C=O) groups is 1. The summed E-state index contributed by atoms with van der Waals surface area (Å²) < 4.78 is 4.82. The Labute approximate surface area is 73.0 Å². The number of allylic oxidation sites excluding steroid dienone is 1. The van der Waals surface area contributed by atoms with Crippen molar-refractivity contribution in [3.05, 3.63) is 12.3 Å². The van der Waals surface area contributed by atoms with Crippen molar-refractivity contribution in [3.63, 3.8) is 0 Å². The van der Waals surface area contributed by atoms with Crippen LogP contribution < -0.4 is 10.6 Å². The summed E-state index contributed by atoms with van der Waals surface area (Å²) in [6.07, 6.45) is 0.820. The summed E-state index contributed by atoms with van der Waals surface area (Å²) in [5.74, 6) is 0. The van der Waals surface area contributed by atoms with E-state index >= 15 is 0 Å². The highest BCUT2D eigenvalue weighted by atomic mass is 16.5. The van der Waals surface area contributed by atoms with Crippen LogP contribution in [0.15, 0.2) is 12.3 Å². The Morgan fingerprint density at radius 3 is 2.75 bits per heavy atom. The molecule has 0 rings (SSSR count). The van der Waals surface area contributed by atoms with E-state index in [2.05, 4.69) is 17.2 Å². The zero-order valence-corrected chi connectivity index (χ0v) is 7.64. The molecule has 0 fully saturated rings. The molecule has 0 aromatic rings. The van der Waals surface area contributed by atoms with Crippen LogP contribution in [0, 0.1) is 0 Å². The Kier molecular flexibility index (Phi) is 6.09. The van der Waals surface area contributed by atoms with Crippen LogP contribution in [0.3, 0.4) is 0 Å². The van der Waals surface area contributed by atoms with Gasteiger partial charge in [0.1, 0.15) is 0 Å². The van der Waals surface area contributed by atoms with Crippen molar-refractivity contribution in [2.45, 2.75) is 13.3 Å². The van der Waals surface area contributed by atoms with Crippen LogP contribution in [0.4, 0.5) is 4.79 Å². The number of rotatable bonds is 5. The number of ether oxygens (including phenoxy) is 1. The number of urea groups is 1. The average Bonchev–Trinajstić information content (AvgIpc) is 1.97. The molecule has 0 heterocycles. The predicted molar refractivity (Wildman–Crippen MR) is 47.8 cm³/mol. The van der Waals surface area contributed by atoms with Gasteiger partial charge in [0.2, 0.25) is 0 Å². The second kappa shape index (κ2) is 6.67. The molecule has 0 aliphatic rings. The molecule has 0 unspecified atom stereocenters. The number of methoxy groups -OCH3 is 1. The smallest absolute Gasteiger partial charge is 0.318 e. The van der Waals surface area contributed by atoms with Crippen molar-refractivity contribution in [1.29, 1.82) is 0 Å². The summed E-state index contributed by atoms with van der Waals surface area (Å²) in [5, 5.41) is 5.19. The van der Waals surface area contributed by atoms with Gasteiger partial charge in [-0.15, -0.1) is 0 Å². The van der Waals surface area contributed by atoms with E-state index in [-0.39, 0.29) is 6.03 Å². The van der Waals surface area contributed by atoms with Gasteiger partial charge >= 0.3 is 6.03 Å². The Balaban J connectivity index is 3.26. The van der Waals surface area contributed by atoms with Crippen LogP contribution in [0.5, 0.6) is 0 Å². The van der Waals surface area contributed by atoms with Crippen molar-refractivity contribution in [2.24, 2.45) is 0 Å². The van der Waals surface area contributed by atoms with Crippen LogP contribution in [0.1, 0.15) is 13.3 Å². The number of hydrogen-bond acceptors (Lipinski definition) is 2. The molecule has 0 radical (unpaired) electrons. The van der Waals surface area contributed by atoms with Gasteiger partial charge in [-0.05, 0) is 13.3 Å². The molecule has 70 valence electrons. The third kappa shape index (κ3) is 7.08. The highest BCUT2D eigenvalue weighted by Crippen LogP contribution is 1.80. The van der Waals surface area contributed by atoms with E-state index in [4.69, 9.17) is 4.74 Å². The van der Waals surface area contributed by atoms with Crippen LogP contribution in [-0.2, 0) is 4.74 Å². The molecule has 0 saturated carbocycles. The van der Waals surface area contributed by atoms with E-state index in [0.29, 0.717) is 18.8 Å². The van der Waals surface area contributed by atoms with E-state index in [0.717, 1.165) is 6.42 Å². The van der Waals surface area contributed by atoms with Gasteiger partial charge < -0.3 is 15.4 Å². The van der Waals surface area contributed by atoms with E-state index < -0.39 is 0 Å². The van der Waals surface area contributed by atoms with Crippen molar-refractivity contribution in [2.75, 3.05) is 20.3 Å². The maximum absolute atomic E-state index is 10.9. The van der Waals surface area contributed by atoms with E-state index in [1.54, 1.807) is 14.0 Å². The maximum Gasteiger partial charge on any atom is 0.318 e. The van der Waals surface area contributed by atoms with Crippen molar-refractivity contribution < 1.29 is 9.53 Å². The third-order valence-electron chi connectivity index (χ3n) is 1.14. The molecule has 0 atom stereocenters. The molecular formula is C8H16N2O2. The van der Waals surface area contributed by atoms with Crippen molar-refractivity contribution in [1.82, 2.24) is 10.6 Å². The second-order valence-corrected chi connectivity index (χ2v) is 2.51. The fourth-order valence-electron chi connectivity index (χ4n) is 0.656. The second-order valence-electron chi connectivity index (χ2n) is 2.51. The fourth-order valence-corrected chi connectivity index (χ4v) is 0.656. The Bertz CT molecular complexity index is 157. The molecule has 0 spiro atoms. The first kappa shape index (κ1) is 11.0. The van der Waals surface area contributed by atoms with Crippen LogP contribution in [-0.4, -0.2) is 26.3 Å². The molecule has 0 aliphatic carbocycles. The Hall–Kier alpha value is -1.03. The highest BCUT2D eigenvalue weighted by molar-refractivity contribution is 5.75. The number of nitrogens with one attached hydrogen (secondary N) is 2. The molecule has 0 aromatic carbocycles. The van der Waals surface area contributed by atoms with Gasteiger partial charge in [-0.1, -0.05) is 6.58 Å². The van der Waals surface area contributed by atoms with Crippen LogP contribution in [0.25, 0.3) is 0 Å². The lowest BCUT2D eigenvalue weighted by Crippen LogP contribution is -2.34. The standard InChI is InChI=1S/C8H16N2O2/c1-7(2)10-8(11)9-5-4-6-12-3/h1,4-6H2,2-3H3,(H2,9,10,11). The molecular weight excluding hydrogens is 156 g/mol. The van der Waals surface area contributed by atoms with Gasteiger partial charge in [0.25, 0.3) is 0 Å². The molecule has 2 amide bonds. The number of hydrogen-bond donors (Lipinski definition) is 2. The van der Waals surface area contributed by atoms with Gasteiger partial charge in [0, 0.05) is 26.0 Å². The zero-order valence-electron chi connectivity index (χ0n) is 7.64. The number of amides is 2. The zero-order chi connectivity index (χ0) is 9.40. The lowest BCUT2D eigenvalue weighted by Gasteiger charge is -2.05. The van der Waals surface area contributed by atoms with E-state index in [9.17, 15) is 4.79 Å². The van der Waals surface area contributed by atoms with Gasteiger partial charge in [-0.3, -0.25) is 0 Å². The summed E-state index contributed by atoms with van der Waals surface area (Å²) in [4.78, 5) is 10.9. The van der Waals surface area contributed by atoms with Gasteiger partial charge in [0.15, 0.2) is 0 Å². The average molecular weight is 172 g/mol. The monoisotopic (exact) mass is 172 g/mol. The summed E-state index contributed by atoms with van der Waals surface area (Å²) in [5.41, 5.74) is 0.638. The van der Waals surface area contributed by atoms with Crippen LogP contribution in [0.2, 0.25) is 0 Å². The molecule has 0 aliphatic heterocycles. The summed E-state index contributed by atoms with van der Waals surface area (Å²) in [6.45, 7) is 6.55. The minimum atomic E-state index is -0.210. The third-order valence-corrected chi connectivity index (χ3v) is 1.14. The summed E-state index contributed by atoms with van der Waals surface area (Å²) >= 11 is 0. The molecule has 4 heteroatoms. The first-order chi connectivity index (χ1) is 5.66. The first-order valence-electron chi connectivity index (χ1n) is 3.86. The maximum atomic E-state index is 10.9. The molecule has 12 heavy (non-hydrogen) atoms. The predicted octanol–water partition coefficient (Wildman–Crippen LogP) is 0.856. The minimum absolute atomic E-state index is 0.210.